The number of benzene rings is 1. The van der Waals surface area contributed by atoms with Gasteiger partial charge in [0.2, 0.25) is 0 Å². The Hall–Kier alpha value is -1.24. The largest absolute Gasteiger partial charge is 0.368 e. The standard InChI is InChI=1S/C14H17N/c1-10-3-6-14-11(2)15(13-4-5-13)8-7-12(14)9-10/h3,6,9,13H,2,4-5,7-8H2,1H3. The van der Waals surface area contributed by atoms with E-state index in [-0.39, 0.29) is 0 Å². The highest BCUT2D eigenvalue weighted by Crippen LogP contribution is 2.37. The topological polar surface area (TPSA) is 3.24 Å². The number of nitrogens with zero attached hydrogens (tertiary/aromatic N) is 1. The third-order valence-corrected chi connectivity index (χ3v) is 3.53. The highest BCUT2D eigenvalue weighted by Gasteiger charge is 2.32. The molecule has 1 aromatic carbocycles. The molecule has 1 heterocycles. The van der Waals surface area contributed by atoms with Gasteiger partial charge in [-0.1, -0.05) is 30.3 Å². The fraction of sp³-hybridized carbons (Fsp3) is 0.429. The first-order valence-corrected chi connectivity index (χ1v) is 5.81. The molecule has 0 aromatic heterocycles. The minimum Gasteiger partial charge on any atom is -0.368 e. The van der Waals surface area contributed by atoms with E-state index in [0.717, 1.165) is 6.04 Å². The van der Waals surface area contributed by atoms with Gasteiger partial charge in [0.1, 0.15) is 0 Å². The second kappa shape index (κ2) is 3.13. The van der Waals surface area contributed by atoms with E-state index < -0.39 is 0 Å². The molecule has 1 nitrogen and oxygen atoms in total. The summed E-state index contributed by atoms with van der Waals surface area (Å²) in [5.74, 6) is 0. The molecule has 15 heavy (non-hydrogen) atoms. The minimum absolute atomic E-state index is 0.798. The van der Waals surface area contributed by atoms with Crippen molar-refractivity contribution in [2.24, 2.45) is 0 Å². The summed E-state index contributed by atoms with van der Waals surface area (Å²) >= 11 is 0. The third-order valence-electron chi connectivity index (χ3n) is 3.53. The zero-order valence-electron chi connectivity index (χ0n) is 9.29. The van der Waals surface area contributed by atoms with Crippen molar-refractivity contribution >= 4 is 5.70 Å². The van der Waals surface area contributed by atoms with Crippen molar-refractivity contribution in [3.05, 3.63) is 41.5 Å². The monoisotopic (exact) mass is 199 g/mol. The molecule has 1 aromatic rings. The summed E-state index contributed by atoms with van der Waals surface area (Å²) in [6.45, 7) is 7.58. The molecule has 0 atom stereocenters. The van der Waals surface area contributed by atoms with Gasteiger partial charge in [-0.25, -0.2) is 0 Å². The summed E-state index contributed by atoms with van der Waals surface area (Å²) in [6.07, 6.45) is 3.91. The average molecular weight is 199 g/mol. The number of rotatable bonds is 1. The van der Waals surface area contributed by atoms with E-state index in [0.29, 0.717) is 0 Å². The summed E-state index contributed by atoms with van der Waals surface area (Å²) in [4.78, 5) is 2.50. The van der Waals surface area contributed by atoms with E-state index in [9.17, 15) is 0 Å². The summed E-state index contributed by atoms with van der Waals surface area (Å²) in [7, 11) is 0. The van der Waals surface area contributed by atoms with Crippen LogP contribution < -0.4 is 0 Å². The lowest BCUT2D eigenvalue weighted by molar-refractivity contribution is 0.381. The van der Waals surface area contributed by atoms with Crippen molar-refractivity contribution in [3.8, 4) is 0 Å². The maximum absolute atomic E-state index is 4.25. The summed E-state index contributed by atoms with van der Waals surface area (Å²) in [5.41, 5.74) is 5.47. The first-order valence-electron chi connectivity index (χ1n) is 5.81. The molecule has 3 rings (SSSR count). The molecular formula is C14H17N. The summed E-state index contributed by atoms with van der Waals surface area (Å²) in [5, 5.41) is 0. The van der Waals surface area contributed by atoms with Gasteiger partial charge in [0.25, 0.3) is 0 Å². The van der Waals surface area contributed by atoms with Crippen LogP contribution in [-0.4, -0.2) is 17.5 Å². The van der Waals surface area contributed by atoms with Gasteiger partial charge < -0.3 is 4.90 Å². The Labute approximate surface area is 91.4 Å². The fourth-order valence-corrected chi connectivity index (χ4v) is 2.53. The van der Waals surface area contributed by atoms with Crippen LogP contribution in [0.4, 0.5) is 0 Å². The van der Waals surface area contributed by atoms with Crippen molar-refractivity contribution < 1.29 is 0 Å². The summed E-state index contributed by atoms with van der Waals surface area (Å²) in [6, 6.07) is 7.54. The Morgan fingerprint density at radius 3 is 2.87 bits per heavy atom. The van der Waals surface area contributed by atoms with Crippen LogP contribution in [0.3, 0.4) is 0 Å². The number of fused-ring (bicyclic) bond motifs is 1. The molecule has 1 aliphatic heterocycles. The van der Waals surface area contributed by atoms with Crippen LogP contribution in [0, 0.1) is 6.92 Å². The van der Waals surface area contributed by atoms with E-state index in [1.165, 1.54) is 48.2 Å². The van der Waals surface area contributed by atoms with Gasteiger partial charge >= 0.3 is 0 Å². The molecule has 1 heteroatoms. The van der Waals surface area contributed by atoms with E-state index in [1.807, 2.05) is 0 Å². The van der Waals surface area contributed by atoms with Gasteiger partial charge in [0, 0.05) is 23.8 Å². The van der Waals surface area contributed by atoms with Crippen LogP contribution in [0.2, 0.25) is 0 Å². The van der Waals surface area contributed by atoms with E-state index in [2.05, 4.69) is 36.6 Å². The number of aryl methyl sites for hydroxylation is 1. The smallest absolute Gasteiger partial charge is 0.0372 e. The van der Waals surface area contributed by atoms with Gasteiger partial charge in [-0.15, -0.1) is 0 Å². The first kappa shape index (κ1) is 9.02. The molecule has 0 spiro atoms. The molecule has 0 bridgehead atoms. The molecule has 1 fully saturated rings. The Balaban J connectivity index is 1.98. The van der Waals surface area contributed by atoms with Crippen LogP contribution in [0.15, 0.2) is 24.8 Å². The fourth-order valence-electron chi connectivity index (χ4n) is 2.53. The molecule has 0 saturated heterocycles. The van der Waals surface area contributed by atoms with Gasteiger partial charge in [-0.2, -0.15) is 0 Å². The maximum atomic E-state index is 4.25. The van der Waals surface area contributed by atoms with Crippen LogP contribution in [-0.2, 0) is 6.42 Å². The van der Waals surface area contributed by atoms with Crippen molar-refractivity contribution in [1.29, 1.82) is 0 Å². The highest BCUT2D eigenvalue weighted by molar-refractivity contribution is 5.67. The predicted molar refractivity (Wildman–Crippen MR) is 63.6 cm³/mol. The van der Waals surface area contributed by atoms with Crippen LogP contribution >= 0.6 is 0 Å². The van der Waals surface area contributed by atoms with E-state index >= 15 is 0 Å². The zero-order chi connectivity index (χ0) is 10.4. The predicted octanol–water partition coefficient (Wildman–Crippen LogP) is 2.99. The van der Waals surface area contributed by atoms with Gasteiger partial charge in [-0.3, -0.25) is 0 Å². The van der Waals surface area contributed by atoms with Crippen LogP contribution in [0.1, 0.15) is 29.5 Å². The average Bonchev–Trinajstić information content (AvgIpc) is 3.01. The molecule has 0 radical (unpaired) electrons. The van der Waals surface area contributed by atoms with Crippen molar-refractivity contribution in [1.82, 2.24) is 4.90 Å². The van der Waals surface area contributed by atoms with Crippen LogP contribution in [0.25, 0.3) is 5.70 Å². The molecule has 0 amide bonds. The molecule has 1 aliphatic carbocycles. The lowest BCUT2D eigenvalue weighted by Gasteiger charge is -2.33. The third kappa shape index (κ3) is 1.46. The van der Waals surface area contributed by atoms with Crippen molar-refractivity contribution in [3.63, 3.8) is 0 Å². The number of hydrogen-bond donors (Lipinski definition) is 0. The maximum Gasteiger partial charge on any atom is 0.0372 e. The minimum atomic E-state index is 0.798. The summed E-state index contributed by atoms with van der Waals surface area (Å²) < 4.78 is 0. The normalized spacial score (nSPS) is 20.3. The van der Waals surface area contributed by atoms with Gasteiger partial charge in [0.05, 0.1) is 0 Å². The molecular weight excluding hydrogens is 182 g/mol. The SMILES string of the molecule is C=C1c2ccc(C)cc2CCN1C1CC1. The Kier molecular flexibility index (Phi) is 1.88. The lowest BCUT2D eigenvalue weighted by Crippen LogP contribution is -2.30. The Bertz CT molecular complexity index is 415. The molecule has 2 aliphatic rings. The molecule has 78 valence electrons. The highest BCUT2D eigenvalue weighted by atomic mass is 15.2. The second-order valence-corrected chi connectivity index (χ2v) is 4.78. The van der Waals surface area contributed by atoms with Crippen molar-refractivity contribution in [2.45, 2.75) is 32.2 Å². The Morgan fingerprint density at radius 1 is 1.33 bits per heavy atom. The lowest BCUT2D eigenvalue weighted by atomic mass is 9.95. The molecule has 1 saturated carbocycles. The van der Waals surface area contributed by atoms with Crippen LogP contribution in [0.5, 0.6) is 0 Å². The zero-order valence-corrected chi connectivity index (χ0v) is 9.29. The molecule has 0 unspecified atom stereocenters. The quantitative estimate of drug-likeness (QED) is 0.672. The molecule has 0 N–H and O–H groups in total. The second-order valence-electron chi connectivity index (χ2n) is 4.78. The van der Waals surface area contributed by atoms with E-state index in [4.69, 9.17) is 0 Å². The van der Waals surface area contributed by atoms with E-state index in [1.54, 1.807) is 0 Å². The van der Waals surface area contributed by atoms with Gasteiger partial charge in [0.15, 0.2) is 0 Å². The van der Waals surface area contributed by atoms with Crippen molar-refractivity contribution in [2.75, 3.05) is 6.54 Å². The number of hydrogen-bond acceptors (Lipinski definition) is 1. The van der Waals surface area contributed by atoms with Gasteiger partial charge in [-0.05, 0) is 31.7 Å². The first-order chi connectivity index (χ1) is 7.25. The Morgan fingerprint density at radius 2 is 2.13 bits per heavy atom.